The second-order valence-corrected chi connectivity index (χ2v) is 13.3. The Hall–Kier alpha value is -2.86. The Balaban J connectivity index is 0.000000370. The summed E-state index contributed by atoms with van der Waals surface area (Å²) in [4.78, 5) is 21.4. The normalized spacial score (nSPS) is 15.1. The van der Waals surface area contributed by atoms with Crippen LogP contribution in [0, 0.1) is 37.1 Å². The van der Waals surface area contributed by atoms with Crippen LogP contribution in [0.5, 0.6) is 0 Å². The van der Waals surface area contributed by atoms with Crippen LogP contribution in [0.15, 0.2) is 52.8 Å². The van der Waals surface area contributed by atoms with E-state index in [0.29, 0.717) is 22.4 Å². The number of carbonyl (C=O) groups is 1. The Bertz CT molecular complexity index is 1970. The SMILES string of the molecule is CCC(CC)C(=O)/C=C(\O)C(C)CC.[2H]C([2H])([2H])c1ccc2c(n1)oc1c(-c3cc4sc(C)c(C([2H])([2H])C(C)(C)C)c4cn3)[c-]ccc12.[Ir]. The van der Waals surface area contributed by atoms with Gasteiger partial charge >= 0.3 is 0 Å². The van der Waals surface area contributed by atoms with Gasteiger partial charge in [-0.25, -0.2) is 4.98 Å². The standard InChI is InChI=1S/C25H23N2OS.C12H22O2.Ir/c1-14-9-10-17-16-7-6-8-18(23(16)28-24(17)27-14)21-11-22-20(13-26-21)19(15(2)29-22)12-25(3,4)5;1-5-9(4)11(13)8-12(14)10(6-2)7-3;/h6-7,9-11,13H,12H2,1-5H3;8-10,13H,5-7H2,1-4H3;/q-1;;/b;11-8-;/i1D3,12D2;;. The number of hydrogen-bond donors (Lipinski definition) is 1. The van der Waals surface area contributed by atoms with Crippen LogP contribution < -0.4 is 0 Å². The van der Waals surface area contributed by atoms with Gasteiger partial charge in [0.15, 0.2) is 5.78 Å². The van der Waals surface area contributed by atoms with Crippen LogP contribution in [-0.2, 0) is 31.3 Å². The van der Waals surface area contributed by atoms with E-state index >= 15 is 0 Å². The maximum absolute atomic E-state index is 11.6. The number of pyridine rings is 2. The third kappa shape index (κ3) is 8.04. The Morgan fingerprint density at radius 3 is 2.52 bits per heavy atom. The zero-order valence-corrected chi connectivity index (χ0v) is 29.9. The Labute approximate surface area is 286 Å². The smallest absolute Gasteiger partial charge is 0.216 e. The predicted octanol–water partition coefficient (Wildman–Crippen LogP) is 10.7. The second-order valence-electron chi connectivity index (χ2n) is 12.0. The fourth-order valence-electron chi connectivity index (χ4n) is 4.90. The summed E-state index contributed by atoms with van der Waals surface area (Å²) in [7, 11) is 0. The number of carbonyl (C=O) groups excluding carboxylic acids is 1. The molecule has 1 aromatic carbocycles. The number of ketones is 1. The molecular formula is C37H45IrN2O3S-. The summed E-state index contributed by atoms with van der Waals surface area (Å²) in [6, 6.07) is 12.0. The van der Waals surface area contributed by atoms with Crippen molar-refractivity contribution in [2.45, 2.75) is 87.9 Å². The zero-order valence-electron chi connectivity index (χ0n) is 31.7. The molecule has 7 heteroatoms. The molecule has 1 radical (unpaired) electrons. The molecule has 0 aliphatic carbocycles. The van der Waals surface area contributed by atoms with Crippen LogP contribution in [0.4, 0.5) is 0 Å². The Morgan fingerprint density at radius 2 is 1.89 bits per heavy atom. The van der Waals surface area contributed by atoms with Gasteiger partial charge in [-0.15, -0.1) is 29.5 Å². The number of rotatable bonds is 8. The average molecular weight is 795 g/mol. The third-order valence-electron chi connectivity index (χ3n) is 7.60. The topological polar surface area (TPSA) is 76.2 Å². The Kier molecular flexibility index (Phi) is 9.72. The van der Waals surface area contributed by atoms with Crippen molar-refractivity contribution in [2.75, 3.05) is 0 Å². The fourth-order valence-corrected chi connectivity index (χ4v) is 5.93. The number of nitrogens with zero attached hydrogens (tertiary/aromatic N) is 2. The minimum Gasteiger partial charge on any atom is -0.512 e. The molecule has 0 amide bonds. The summed E-state index contributed by atoms with van der Waals surface area (Å²) in [6.07, 6.45) is 4.17. The second kappa shape index (κ2) is 14.9. The van der Waals surface area contributed by atoms with Gasteiger partial charge in [0.05, 0.1) is 11.3 Å². The zero-order chi connectivity index (χ0) is 35.8. The van der Waals surface area contributed by atoms with Crippen LogP contribution >= 0.6 is 11.3 Å². The maximum Gasteiger partial charge on any atom is 0.216 e. The summed E-state index contributed by atoms with van der Waals surface area (Å²) in [5.74, 6) is 0.451. The molecule has 5 aromatic rings. The van der Waals surface area contributed by atoms with E-state index in [1.165, 1.54) is 12.1 Å². The van der Waals surface area contributed by atoms with Crippen LogP contribution in [0.2, 0.25) is 0 Å². The van der Waals surface area contributed by atoms with Crippen molar-refractivity contribution in [3.63, 3.8) is 0 Å². The van der Waals surface area contributed by atoms with Crippen LogP contribution in [0.3, 0.4) is 0 Å². The van der Waals surface area contributed by atoms with E-state index in [4.69, 9.17) is 11.3 Å². The van der Waals surface area contributed by atoms with Gasteiger partial charge in [0, 0.05) is 77.1 Å². The summed E-state index contributed by atoms with van der Waals surface area (Å²) in [5.41, 5.74) is 2.21. The van der Waals surface area contributed by atoms with E-state index in [0.717, 1.165) is 45.0 Å². The van der Waals surface area contributed by atoms with Gasteiger partial charge in [0.2, 0.25) is 5.71 Å². The quantitative estimate of drug-likeness (QED) is 0.0962. The first-order valence-corrected chi connectivity index (χ1v) is 15.8. The van der Waals surface area contributed by atoms with Gasteiger partial charge < -0.3 is 14.5 Å². The van der Waals surface area contributed by atoms with E-state index in [1.54, 1.807) is 29.7 Å². The average Bonchev–Trinajstić information content (AvgIpc) is 3.56. The minimum absolute atomic E-state index is 0. The van der Waals surface area contributed by atoms with Gasteiger partial charge in [-0.1, -0.05) is 65.5 Å². The van der Waals surface area contributed by atoms with Gasteiger partial charge in [-0.2, -0.15) is 0 Å². The number of aromatic nitrogens is 2. The van der Waals surface area contributed by atoms with Gasteiger partial charge in [0.1, 0.15) is 0 Å². The predicted molar refractivity (Wildman–Crippen MR) is 181 cm³/mol. The van der Waals surface area contributed by atoms with Crippen LogP contribution in [0.25, 0.3) is 43.4 Å². The van der Waals surface area contributed by atoms with E-state index in [2.05, 4.69) is 16.0 Å². The molecule has 4 aromatic heterocycles. The molecule has 1 N–H and O–H groups in total. The number of aryl methyl sites for hydroxylation is 2. The molecule has 0 bridgehead atoms. The van der Waals surface area contributed by atoms with Crippen molar-refractivity contribution >= 4 is 49.3 Å². The van der Waals surface area contributed by atoms with E-state index in [9.17, 15) is 9.90 Å². The first kappa shape index (κ1) is 28.6. The summed E-state index contributed by atoms with van der Waals surface area (Å²) < 4.78 is 47.4. The first-order valence-electron chi connectivity index (χ1n) is 17.4. The van der Waals surface area contributed by atoms with E-state index < -0.39 is 18.6 Å². The first-order chi connectivity index (χ1) is 22.3. The molecule has 0 spiro atoms. The molecular weight excluding hydrogens is 745 g/mol. The van der Waals surface area contributed by atoms with Crippen LogP contribution in [0.1, 0.15) is 90.7 Å². The number of fused-ring (bicyclic) bond motifs is 4. The third-order valence-corrected chi connectivity index (χ3v) is 8.67. The molecule has 5 nitrogen and oxygen atoms in total. The number of benzene rings is 1. The molecule has 4 heterocycles. The van der Waals surface area contributed by atoms with Crippen molar-refractivity contribution in [3.8, 4) is 11.3 Å². The summed E-state index contributed by atoms with van der Waals surface area (Å²) >= 11 is 1.55. The van der Waals surface area contributed by atoms with Gasteiger partial charge in [-0.05, 0) is 68.2 Å². The van der Waals surface area contributed by atoms with Crippen LogP contribution in [-0.4, -0.2) is 20.9 Å². The van der Waals surface area contributed by atoms with E-state index in [-0.39, 0.29) is 54.9 Å². The largest absolute Gasteiger partial charge is 0.512 e. The molecule has 0 fully saturated rings. The maximum atomic E-state index is 11.6. The number of thiophene rings is 1. The molecule has 44 heavy (non-hydrogen) atoms. The molecule has 237 valence electrons. The number of aliphatic hydroxyl groups is 1. The number of allylic oxidation sites excluding steroid dienone is 2. The van der Waals surface area contributed by atoms with Crippen molar-refractivity contribution in [1.29, 1.82) is 0 Å². The summed E-state index contributed by atoms with van der Waals surface area (Å²) in [5, 5.41) is 11.9. The van der Waals surface area contributed by atoms with E-state index in [1.807, 2.05) is 67.5 Å². The number of furan rings is 1. The molecule has 1 unspecified atom stereocenters. The molecule has 5 rings (SSSR count). The van der Waals surface area contributed by atoms with Gasteiger partial charge in [-0.3, -0.25) is 4.79 Å². The molecule has 0 saturated heterocycles. The molecule has 0 aliphatic rings. The van der Waals surface area contributed by atoms with Crippen molar-refractivity contribution in [1.82, 2.24) is 9.97 Å². The monoisotopic (exact) mass is 795 g/mol. The van der Waals surface area contributed by atoms with Crippen molar-refractivity contribution < 1.29 is 41.3 Å². The fraction of sp³-hybridized carbons (Fsp3) is 0.432. The minimum atomic E-state index is -2.32. The number of aliphatic hydroxyl groups excluding tert-OH is 1. The van der Waals surface area contributed by atoms with Crippen molar-refractivity contribution in [3.05, 3.63) is 70.6 Å². The molecule has 1 atom stereocenters. The van der Waals surface area contributed by atoms with Crippen molar-refractivity contribution in [2.24, 2.45) is 17.3 Å². The van der Waals surface area contributed by atoms with Gasteiger partial charge in [0.25, 0.3) is 0 Å². The molecule has 0 aliphatic heterocycles. The number of hydrogen-bond acceptors (Lipinski definition) is 6. The Morgan fingerprint density at radius 1 is 1.16 bits per heavy atom. The molecule has 0 saturated carbocycles. The summed E-state index contributed by atoms with van der Waals surface area (Å²) in [6.45, 7) is 13.3.